The Labute approximate surface area is 83.3 Å². The van der Waals surface area contributed by atoms with E-state index in [-0.39, 0.29) is 0 Å². The van der Waals surface area contributed by atoms with Gasteiger partial charge in [-0.05, 0) is 11.6 Å². The summed E-state index contributed by atoms with van der Waals surface area (Å²) in [6, 6.07) is 8.47. The number of benzene rings is 1. The highest BCUT2D eigenvalue weighted by molar-refractivity contribution is 6.09. The molecule has 14 heavy (non-hydrogen) atoms. The van der Waals surface area contributed by atoms with Crippen LogP contribution in [-0.4, -0.2) is 5.71 Å². The van der Waals surface area contributed by atoms with E-state index in [1.807, 2.05) is 12.5 Å². The van der Waals surface area contributed by atoms with Crippen molar-refractivity contribution in [3.8, 4) is 0 Å². The van der Waals surface area contributed by atoms with E-state index in [4.69, 9.17) is 5.41 Å². The first kappa shape index (κ1) is 7.63. The fourth-order valence-corrected chi connectivity index (χ4v) is 2.15. The van der Waals surface area contributed by atoms with E-state index >= 15 is 0 Å². The molecule has 0 heterocycles. The maximum absolute atomic E-state index is 7.57. The van der Waals surface area contributed by atoms with Crippen LogP contribution >= 0.6 is 0 Å². The molecule has 1 N–H and O–H groups in total. The summed E-state index contributed by atoms with van der Waals surface area (Å²) in [4.78, 5) is 0. The fourth-order valence-electron chi connectivity index (χ4n) is 2.15. The van der Waals surface area contributed by atoms with Crippen molar-refractivity contribution in [3.63, 3.8) is 0 Å². The van der Waals surface area contributed by atoms with Crippen molar-refractivity contribution >= 4 is 11.3 Å². The summed E-state index contributed by atoms with van der Waals surface area (Å²) in [6.07, 6.45) is 6.87. The second kappa shape index (κ2) is 2.61. The van der Waals surface area contributed by atoms with E-state index in [1.54, 1.807) is 0 Å². The molecular weight excluding hydrogens is 170 g/mol. The minimum Gasteiger partial charge on any atom is -0.275 e. The highest BCUT2D eigenvalue weighted by atomic mass is 14.4. The van der Waals surface area contributed by atoms with Crippen molar-refractivity contribution in [2.75, 3.05) is 0 Å². The van der Waals surface area contributed by atoms with Crippen LogP contribution < -0.4 is 0 Å². The molecule has 0 saturated heterocycles. The SMILES string of the molecule is N=C1C=C2Cc3ccccc3C2=C[CH+]1. The van der Waals surface area contributed by atoms with E-state index in [0.717, 1.165) is 6.42 Å². The Morgan fingerprint density at radius 1 is 1.21 bits per heavy atom. The summed E-state index contributed by atoms with van der Waals surface area (Å²) in [5, 5.41) is 7.57. The monoisotopic (exact) mass is 180 g/mol. The predicted molar refractivity (Wildman–Crippen MR) is 58.2 cm³/mol. The van der Waals surface area contributed by atoms with Crippen LogP contribution in [-0.2, 0) is 6.42 Å². The first-order valence-electron chi connectivity index (χ1n) is 4.77. The molecule has 3 rings (SSSR count). The lowest BCUT2D eigenvalue weighted by Gasteiger charge is -1.99. The second-order valence-corrected chi connectivity index (χ2v) is 3.71. The number of rotatable bonds is 0. The Morgan fingerprint density at radius 2 is 2.07 bits per heavy atom. The van der Waals surface area contributed by atoms with Gasteiger partial charge in [0.05, 0.1) is 29.7 Å². The van der Waals surface area contributed by atoms with E-state index in [0.29, 0.717) is 5.71 Å². The Hall–Kier alpha value is -1.76. The van der Waals surface area contributed by atoms with Crippen molar-refractivity contribution in [2.24, 2.45) is 0 Å². The zero-order valence-electron chi connectivity index (χ0n) is 7.75. The molecular formula is C13H10N+. The van der Waals surface area contributed by atoms with Gasteiger partial charge < -0.3 is 0 Å². The number of allylic oxidation sites excluding steroid dienone is 4. The first-order chi connectivity index (χ1) is 6.84. The quantitative estimate of drug-likeness (QED) is 0.594. The predicted octanol–water partition coefficient (Wildman–Crippen LogP) is 2.79. The van der Waals surface area contributed by atoms with Gasteiger partial charge in [0.15, 0.2) is 5.71 Å². The zero-order valence-corrected chi connectivity index (χ0v) is 7.75. The Morgan fingerprint density at radius 3 is 3.00 bits per heavy atom. The molecule has 1 aromatic carbocycles. The Kier molecular flexibility index (Phi) is 1.42. The summed E-state index contributed by atoms with van der Waals surface area (Å²) in [5.41, 5.74) is 5.92. The molecule has 66 valence electrons. The highest BCUT2D eigenvalue weighted by Gasteiger charge is 2.29. The lowest BCUT2D eigenvalue weighted by atomic mass is 9.97. The van der Waals surface area contributed by atoms with Gasteiger partial charge in [0.1, 0.15) is 0 Å². The summed E-state index contributed by atoms with van der Waals surface area (Å²) in [6.45, 7) is 0. The van der Waals surface area contributed by atoms with Gasteiger partial charge in [0, 0.05) is 12.0 Å². The van der Waals surface area contributed by atoms with Gasteiger partial charge in [0.2, 0.25) is 0 Å². The van der Waals surface area contributed by atoms with Gasteiger partial charge in [0.25, 0.3) is 0 Å². The third kappa shape index (κ3) is 0.956. The first-order valence-corrected chi connectivity index (χ1v) is 4.77. The Balaban J connectivity index is 2.19. The highest BCUT2D eigenvalue weighted by Crippen LogP contribution is 2.38. The van der Waals surface area contributed by atoms with E-state index in [2.05, 4.69) is 30.3 Å². The summed E-state index contributed by atoms with van der Waals surface area (Å²) in [5.74, 6) is 0. The smallest absolute Gasteiger partial charge is 0.165 e. The molecule has 0 bridgehead atoms. The molecule has 1 nitrogen and oxygen atoms in total. The molecule has 0 aliphatic heterocycles. The van der Waals surface area contributed by atoms with Crippen LogP contribution in [0, 0.1) is 11.8 Å². The average molecular weight is 180 g/mol. The standard InChI is InChI=1S/C13H10N/c14-11-5-6-13-10(8-11)7-9-3-1-2-4-12(9)13/h1-6,8,14H,7H2/q+1. The molecule has 0 unspecified atom stereocenters. The summed E-state index contributed by atoms with van der Waals surface area (Å²) in [7, 11) is 0. The fraction of sp³-hybridized carbons (Fsp3) is 0.0769. The Bertz CT molecular complexity index is 478. The summed E-state index contributed by atoms with van der Waals surface area (Å²) < 4.78 is 0. The lowest BCUT2D eigenvalue weighted by molar-refractivity contribution is 1.27. The molecule has 0 fully saturated rings. The maximum Gasteiger partial charge on any atom is 0.165 e. The molecule has 2 aliphatic carbocycles. The van der Waals surface area contributed by atoms with Crippen LogP contribution in [0.4, 0.5) is 0 Å². The van der Waals surface area contributed by atoms with Crippen LogP contribution in [0.5, 0.6) is 0 Å². The van der Waals surface area contributed by atoms with Crippen LogP contribution in [0.15, 0.2) is 42.0 Å². The normalized spacial score (nSPS) is 17.9. The van der Waals surface area contributed by atoms with Crippen molar-refractivity contribution in [1.82, 2.24) is 0 Å². The number of nitrogens with one attached hydrogen (secondary N) is 1. The molecule has 0 radical (unpaired) electrons. The molecule has 0 aromatic heterocycles. The molecule has 1 heteroatoms. The second-order valence-electron chi connectivity index (χ2n) is 3.71. The topological polar surface area (TPSA) is 23.9 Å². The van der Waals surface area contributed by atoms with Crippen molar-refractivity contribution in [2.45, 2.75) is 6.42 Å². The van der Waals surface area contributed by atoms with Crippen LogP contribution in [0.1, 0.15) is 11.1 Å². The van der Waals surface area contributed by atoms with E-state index < -0.39 is 0 Å². The molecule has 1 aromatic rings. The van der Waals surface area contributed by atoms with Gasteiger partial charge in [-0.2, -0.15) is 0 Å². The average Bonchev–Trinajstić information content (AvgIpc) is 2.54. The van der Waals surface area contributed by atoms with Crippen LogP contribution in [0.25, 0.3) is 5.57 Å². The molecule has 0 amide bonds. The van der Waals surface area contributed by atoms with Gasteiger partial charge in [-0.1, -0.05) is 18.2 Å². The molecule has 2 aliphatic rings. The van der Waals surface area contributed by atoms with Crippen LogP contribution in [0.2, 0.25) is 0 Å². The molecule has 0 saturated carbocycles. The van der Waals surface area contributed by atoms with Gasteiger partial charge >= 0.3 is 0 Å². The minimum atomic E-state index is 0.608. The van der Waals surface area contributed by atoms with Crippen molar-refractivity contribution < 1.29 is 0 Å². The third-order valence-corrected chi connectivity index (χ3v) is 2.79. The zero-order chi connectivity index (χ0) is 9.54. The maximum atomic E-state index is 7.57. The third-order valence-electron chi connectivity index (χ3n) is 2.79. The van der Waals surface area contributed by atoms with Crippen molar-refractivity contribution in [1.29, 1.82) is 5.41 Å². The van der Waals surface area contributed by atoms with E-state index in [9.17, 15) is 0 Å². The number of fused-ring (bicyclic) bond motifs is 3. The lowest BCUT2D eigenvalue weighted by Crippen LogP contribution is -1.99. The molecule has 0 atom stereocenters. The number of hydrogen-bond donors (Lipinski definition) is 1. The summed E-state index contributed by atoms with van der Waals surface area (Å²) >= 11 is 0. The number of hydrogen-bond acceptors (Lipinski definition) is 1. The van der Waals surface area contributed by atoms with Gasteiger partial charge in [-0.3, -0.25) is 5.41 Å². The molecule has 0 spiro atoms. The van der Waals surface area contributed by atoms with Crippen molar-refractivity contribution in [3.05, 3.63) is 59.5 Å². The minimum absolute atomic E-state index is 0.608. The largest absolute Gasteiger partial charge is 0.275 e. The van der Waals surface area contributed by atoms with Gasteiger partial charge in [-0.25, -0.2) is 0 Å². The van der Waals surface area contributed by atoms with E-state index in [1.165, 1.54) is 22.3 Å². The van der Waals surface area contributed by atoms with Gasteiger partial charge in [-0.15, -0.1) is 0 Å². The van der Waals surface area contributed by atoms with Crippen LogP contribution in [0.3, 0.4) is 0 Å².